The molecule has 134 valence electrons. The molecule has 0 saturated carbocycles. The van der Waals surface area contributed by atoms with E-state index in [0.29, 0.717) is 23.9 Å². The van der Waals surface area contributed by atoms with E-state index in [-0.39, 0.29) is 11.9 Å². The van der Waals surface area contributed by atoms with E-state index in [2.05, 4.69) is 15.6 Å². The van der Waals surface area contributed by atoms with E-state index in [1.807, 2.05) is 11.8 Å². The van der Waals surface area contributed by atoms with Gasteiger partial charge in [-0.15, -0.1) is 11.3 Å². The van der Waals surface area contributed by atoms with Crippen molar-refractivity contribution in [1.82, 2.24) is 20.5 Å². The third-order valence-corrected chi connectivity index (χ3v) is 5.49. The van der Waals surface area contributed by atoms with E-state index in [0.717, 1.165) is 43.1 Å². The number of urea groups is 1. The zero-order valence-electron chi connectivity index (χ0n) is 14.6. The van der Waals surface area contributed by atoms with Gasteiger partial charge in [0.05, 0.1) is 10.7 Å². The van der Waals surface area contributed by atoms with Crippen LogP contribution in [0.5, 0.6) is 0 Å². The van der Waals surface area contributed by atoms with Crippen molar-refractivity contribution in [3.8, 4) is 0 Å². The van der Waals surface area contributed by atoms with Gasteiger partial charge in [0.15, 0.2) is 0 Å². The van der Waals surface area contributed by atoms with Crippen LogP contribution in [0.1, 0.15) is 45.6 Å². The van der Waals surface area contributed by atoms with Gasteiger partial charge in [0.25, 0.3) is 5.91 Å². The summed E-state index contributed by atoms with van der Waals surface area (Å²) in [6.07, 6.45) is 2.56. The van der Waals surface area contributed by atoms with E-state index >= 15 is 0 Å². The number of carbonyl (C=O) groups excluding carboxylic acids is 2. The number of likely N-dealkylation sites (tertiary alicyclic amines) is 1. The number of hydrogen-bond donors (Lipinski definition) is 2. The van der Waals surface area contributed by atoms with Crippen LogP contribution < -0.4 is 10.6 Å². The number of ether oxygens (including phenoxy) is 1. The molecule has 7 nitrogen and oxygen atoms in total. The molecule has 2 N–H and O–H groups in total. The normalized spacial score (nSPS) is 15.4. The minimum atomic E-state index is -0.0600. The minimum absolute atomic E-state index is 0.0279. The number of amides is 3. The second-order valence-electron chi connectivity index (χ2n) is 5.89. The van der Waals surface area contributed by atoms with Gasteiger partial charge in [0.2, 0.25) is 0 Å². The highest BCUT2D eigenvalue weighted by Gasteiger charge is 2.27. The lowest BCUT2D eigenvalue weighted by Gasteiger charge is -2.30. The van der Waals surface area contributed by atoms with Crippen molar-refractivity contribution in [2.75, 3.05) is 40.4 Å². The molecule has 24 heavy (non-hydrogen) atoms. The summed E-state index contributed by atoms with van der Waals surface area (Å²) >= 11 is 1.48. The number of aromatic nitrogens is 1. The molecule has 0 aliphatic carbocycles. The Bertz CT molecular complexity index is 568. The van der Waals surface area contributed by atoms with Crippen LogP contribution in [0.3, 0.4) is 0 Å². The van der Waals surface area contributed by atoms with Crippen molar-refractivity contribution in [3.05, 3.63) is 15.6 Å². The molecule has 0 radical (unpaired) electrons. The summed E-state index contributed by atoms with van der Waals surface area (Å²) in [5.41, 5.74) is 0.785. The first-order valence-electron chi connectivity index (χ1n) is 8.28. The summed E-state index contributed by atoms with van der Waals surface area (Å²) in [5.74, 6) is 0.264. The van der Waals surface area contributed by atoms with Crippen molar-refractivity contribution in [3.63, 3.8) is 0 Å². The van der Waals surface area contributed by atoms with Crippen LogP contribution in [0.15, 0.2) is 0 Å². The van der Waals surface area contributed by atoms with Crippen molar-refractivity contribution in [2.24, 2.45) is 0 Å². The maximum atomic E-state index is 12.3. The van der Waals surface area contributed by atoms with E-state index < -0.39 is 0 Å². The van der Waals surface area contributed by atoms with Crippen LogP contribution in [-0.4, -0.2) is 62.2 Å². The van der Waals surface area contributed by atoms with Crippen LogP contribution in [0, 0.1) is 6.92 Å². The fourth-order valence-corrected chi connectivity index (χ4v) is 3.94. The van der Waals surface area contributed by atoms with E-state index in [4.69, 9.17) is 4.74 Å². The lowest BCUT2D eigenvalue weighted by molar-refractivity contribution is 0.0952. The fourth-order valence-electron chi connectivity index (χ4n) is 2.79. The Balaban J connectivity index is 1.92. The molecule has 0 bridgehead atoms. The molecular weight excluding hydrogens is 328 g/mol. The minimum Gasteiger partial charge on any atom is -0.385 e. The topological polar surface area (TPSA) is 83.6 Å². The van der Waals surface area contributed by atoms with Gasteiger partial charge in [0.1, 0.15) is 4.88 Å². The molecule has 1 aromatic heterocycles. The predicted octanol–water partition coefficient (Wildman–Crippen LogP) is 1.74. The third-order valence-electron chi connectivity index (χ3n) is 4.18. The molecule has 2 rings (SSSR count). The van der Waals surface area contributed by atoms with Crippen LogP contribution in [0.4, 0.5) is 4.79 Å². The zero-order chi connectivity index (χ0) is 17.5. The number of methoxy groups -OCH3 is 1. The number of nitrogens with one attached hydrogen (secondary N) is 2. The van der Waals surface area contributed by atoms with E-state index in [1.54, 1.807) is 14.2 Å². The SMILES string of the molecule is CNC(=O)N1CCC(c2nc(C)c(C(=O)NCCCOC)s2)CC1. The Hall–Kier alpha value is -1.67. The summed E-state index contributed by atoms with van der Waals surface area (Å²) in [7, 11) is 3.30. The van der Waals surface area contributed by atoms with Gasteiger partial charge < -0.3 is 20.3 Å². The fraction of sp³-hybridized carbons (Fsp3) is 0.688. The largest absolute Gasteiger partial charge is 0.385 e. The number of thiazole rings is 1. The van der Waals surface area contributed by atoms with Crippen LogP contribution in [0.2, 0.25) is 0 Å². The van der Waals surface area contributed by atoms with Gasteiger partial charge in [-0.1, -0.05) is 0 Å². The average Bonchev–Trinajstić information content (AvgIpc) is 3.00. The average molecular weight is 354 g/mol. The molecule has 1 fully saturated rings. The second kappa shape index (κ2) is 8.98. The van der Waals surface area contributed by atoms with Crippen LogP contribution >= 0.6 is 11.3 Å². The lowest BCUT2D eigenvalue weighted by Crippen LogP contribution is -2.42. The van der Waals surface area contributed by atoms with Gasteiger partial charge in [0, 0.05) is 46.3 Å². The molecule has 1 aliphatic rings. The number of carbonyl (C=O) groups is 2. The highest BCUT2D eigenvalue weighted by molar-refractivity contribution is 7.13. The number of nitrogens with zero attached hydrogens (tertiary/aromatic N) is 2. The molecule has 0 atom stereocenters. The second-order valence-corrected chi connectivity index (χ2v) is 6.92. The molecular formula is C16H26N4O3S. The number of piperidine rings is 1. The van der Waals surface area contributed by atoms with Gasteiger partial charge in [-0.05, 0) is 26.2 Å². The van der Waals surface area contributed by atoms with Crippen molar-refractivity contribution in [2.45, 2.75) is 32.1 Å². The summed E-state index contributed by atoms with van der Waals surface area (Å²) in [6, 6.07) is -0.0279. The molecule has 0 unspecified atom stereocenters. The monoisotopic (exact) mass is 354 g/mol. The maximum Gasteiger partial charge on any atom is 0.317 e. The van der Waals surface area contributed by atoms with Crippen molar-refractivity contribution in [1.29, 1.82) is 0 Å². The summed E-state index contributed by atoms with van der Waals surface area (Å²) < 4.78 is 4.98. The zero-order valence-corrected chi connectivity index (χ0v) is 15.4. The molecule has 1 aromatic rings. The third kappa shape index (κ3) is 4.67. The Kier molecular flexibility index (Phi) is 6.99. The predicted molar refractivity (Wildman–Crippen MR) is 93.7 cm³/mol. The standard InChI is InChI=1S/C16H26N4O3S/c1-11-13(14(21)18-7-4-10-23-3)24-15(19-11)12-5-8-20(9-6-12)16(22)17-2/h12H,4-10H2,1-3H3,(H,17,22)(H,18,21). The van der Waals surface area contributed by atoms with Gasteiger partial charge in [-0.25, -0.2) is 9.78 Å². The van der Waals surface area contributed by atoms with E-state index in [1.165, 1.54) is 11.3 Å². The molecule has 8 heteroatoms. The first-order chi connectivity index (χ1) is 11.6. The molecule has 0 spiro atoms. The highest BCUT2D eigenvalue weighted by Crippen LogP contribution is 2.32. The number of rotatable bonds is 6. The number of hydrogen-bond acceptors (Lipinski definition) is 5. The van der Waals surface area contributed by atoms with Gasteiger partial charge >= 0.3 is 6.03 Å². The Morgan fingerprint density at radius 2 is 2.08 bits per heavy atom. The molecule has 2 heterocycles. The molecule has 3 amide bonds. The van der Waals surface area contributed by atoms with E-state index in [9.17, 15) is 9.59 Å². The Labute approximate surface area is 146 Å². The Morgan fingerprint density at radius 3 is 2.71 bits per heavy atom. The summed E-state index contributed by atoms with van der Waals surface area (Å²) in [6.45, 7) is 4.56. The quantitative estimate of drug-likeness (QED) is 0.762. The lowest BCUT2D eigenvalue weighted by atomic mass is 9.98. The van der Waals surface area contributed by atoms with Crippen molar-refractivity contribution >= 4 is 23.3 Å². The maximum absolute atomic E-state index is 12.3. The van der Waals surface area contributed by atoms with Gasteiger partial charge in [-0.3, -0.25) is 4.79 Å². The molecule has 1 aliphatic heterocycles. The summed E-state index contributed by atoms with van der Waals surface area (Å²) in [4.78, 5) is 31.0. The Morgan fingerprint density at radius 1 is 1.38 bits per heavy atom. The molecule has 0 aromatic carbocycles. The first kappa shape index (κ1) is 18.7. The van der Waals surface area contributed by atoms with Crippen LogP contribution in [-0.2, 0) is 4.74 Å². The molecule has 1 saturated heterocycles. The first-order valence-corrected chi connectivity index (χ1v) is 9.09. The number of aryl methyl sites for hydroxylation is 1. The smallest absolute Gasteiger partial charge is 0.317 e. The van der Waals surface area contributed by atoms with Gasteiger partial charge in [-0.2, -0.15) is 0 Å². The van der Waals surface area contributed by atoms with Crippen LogP contribution in [0.25, 0.3) is 0 Å². The highest BCUT2D eigenvalue weighted by atomic mass is 32.1. The summed E-state index contributed by atoms with van der Waals surface area (Å²) in [5, 5.41) is 6.57. The van der Waals surface area contributed by atoms with Crippen molar-refractivity contribution < 1.29 is 14.3 Å².